The summed E-state index contributed by atoms with van der Waals surface area (Å²) < 4.78 is 74.8. The van der Waals surface area contributed by atoms with Gasteiger partial charge < -0.3 is 33.8 Å². The quantitative estimate of drug-likeness (QED) is 0.418. The van der Waals surface area contributed by atoms with Gasteiger partial charge in [-0.2, -0.15) is 14.3 Å². The predicted octanol–water partition coefficient (Wildman–Crippen LogP) is 3.28. The first-order valence-corrected chi connectivity index (χ1v) is 15.1. The Bertz CT molecular complexity index is 1520. The van der Waals surface area contributed by atoms with E-state index in [0.29, 0.717) is 31.6 Å². The van der Waals surface area contributed by atoms with E-state index in [1.165, 1.54) is 12.3 Å². The third-order valence-corrected chi connectivity index (χ3v) is 9.72. The Kier molecular flexibility index (Phi) is 7.57. The number of imidazole rings is 1. The maximum absolute atomic E-state index is 14.9. The number of H-pyrrole nitrogens is 1. The first-order valence-electron chi connectivity index (χ1n) is 12.7. The molecule has 2 N–H and O–H groups in total. The standard InChI is InChI=1S/C25H27ClF2N4O7S/c1-40(34,13-2-4-35-5-3-13)32-12-6-16(27)14(17(28)7-12)9-38-24-15(26)8-18-23(30-24)31-25(29-18)39-20-11-37-21-19(33)10-36-22(20)21/h6-8,13,19-22,33H,2-5,9-11H2,1H3,(H,29,30,31)/t19-,20-,21-,22-,40?/m1/s1. The number of hydrogen-bond acceptors (Lipinski definition) is 10. The van der Waals surface area contributed by atoms with Gasteiger partial charge in [0.1, 0.15) is 41.6 Å². The number of pyridine rings is 1. The van der Waals surface area contributed by atoms with E-state index < -0.39 is 52.4 Å². The molecule has 0 bridgehead atoms. The van der Waals surface area contributed by atoms with Gasteiger partial charge in [-0.25, -0.2) is 13.0 Å². The van der Waals surface area contributed by atoms with Crippen LogP contribution in [0.2, 0.25) is 5.02 Å². The van der Waals surface area contributed by atoms with E-state index in [1.54, 1.807) is 0 Å². The summed E-state index contributed by atoms with van der Waals surface area (Å²) in [6.07, 6.45) is 0.581. The molecule has 3 fully saturated rings. The van der Waals surface area contributed by atoms with Crippen LogP contribution in [0.1, 0.15) is 18.4 Å². The number of nitrogens with zero attached hydrogens (tertiary/aromatic N) is 3. The van der Waals surface area contributed by atoms with Crippen LogP contribution in [-0.4, -0.2) is 86.6 Å². The summed E-state index contributed by atoms with van der Waals surface area (Å²) in [4.78, 5) is 11.5. The van der Waals surface area contributed by atoms with E-state index in [0.717, 1.165) is 12.1 Å². The Morgan fingerprint density at radius 2 is 1.88 bits per heavy atom. The van der Waals surface area contributed by atoms with Gasteiger partial charge in [-0.05, 0) is 18.9 Å². The average Bonchev–Trinajstić information content (AvgIpc) is 3.60. The molecule has 0 aliphatic carbocycles. The van der Waals surface area contributed by atoms with Crippen molar-refractivity contribution in [1.82, 2.24) is 15.0 Å². The fraction of sp³-hybridized carbons (Fsp3) is 0.520. The Morgan fingerprint density at radius 3 is 2.62 bits per heavy atom. The number of nitrogens with one attached hydrogen (secondary N) is 1. The van der Waals surface area contributed by atoms with Crippen LogP contribution in [0.15, 0.2) is 22.6 Å². The molecule has 6 rings (SSSR count). The summed E-state index contributed by atoms with van der Waals surface area (Å²) in [7, 11) is -2.72. The molecule has 5 atom stereocenters. The fourth-order valence-corrected chi connectivity index (χ4v) is 6.99. The SMILES string of the molecule is CS(=O)(=Nc1cc(F)c(COc2nc3nc(O[C@@H]4CO[C@H]5[C@@H]4OC[C@H]5O)[nH]c3cc2Cl)c(F)c1)C1CCOCC1. The minimum atomic E-state index is -2.72. The van der Waals surface area contributed by atoms with Crippen LogP contribution in [0.4, 0.5) is 14.5 Å². The molecule has 15 heteroatoms. The Balaban J connectivity index is 1.16. The van der Waals surface area contributed by atoms with Gasteiger partial charge in [-0.15, -0.1) is 0 Å². The second kappa shape index (κ2) is 11.0. The summed E-state index contributed by atoms with van der Waals surface area (Å²) in [5, 5.41) is 9.78. The molecule has 0 amide bonds. The number of aliphatic hydroxyl groups is 1. The predicted molar refractivity (Wildman–Crippen MR) is 139 cm³/mol. The number of rotatable bonds is 7. The second-order valence-electron chi connectivity index (χ2n) is 9.95. The molecule has 216 valence electrons. The van der Waals surface area contributed by atoms with Gasteiger partial charge in [0.2, 0.25) is 5.88 Å². The van der Waals surface area contributed by atoms with Gasteiger partial charge in [-0.1, -0.05) is 11.6 Å². The smallest absolute Gasteiger partial charge is 0.296 e. The molecule has 3 aromatic rings. The van der Waals surface area contributed by atoms with Crippen molar-refractivity contribution in [3.05, 3.63) is 40.4 Å². The third kappa shape index (κ3) is 5.48. The van der Waals surface area contributed by atoms with Crippen molar-refractivity contribution < 1.29 is 41.8 Å². The van der Waals surface area contributed by atoms with E-state index >= 15 is 0 Å². The molecule has 3 aliphatic rings. The Morgan fingerprint density at radius 1 is 1.15 bits per heavy atom. The molecular formula is C25H27ClF2N4O7S. The number of aromatic amines is 1. The molecular weight excluding hydrogens is 574 g/mol. The number of hydrogen-bond donors (Lipinski definition) is 2. The van der Waals surface area contributed by atoms with Crippen molar-refractivity contribution in [3.63, 3.8) is 0 Å². The van der Waals surface area contributed by atoms with Gasteiger partial charge >= 0.3 is 0 Å². The van der Waals surface area contributed by atoms with Crippen molar-refractivity contribution in [2.75, 3.05) is 32.7 Å². The third-order valence-electron chi connectivity index (χ3n) is 7.17. The lowest BCUT2D eigenvalue weighted by Gasteiger charge is -2.23. The molecule has 1 unspecified atom stereocenters. The number of halogens is 3. The van der Waals surface area contributed by atoms with Crippen LogP contribution in [0.25, 0.3) is 11.2 Å². The number of ether oxygens (including phenoxy) is 5. The van der Waals surface area contributed by atoms with E-state index in [1.807, 2.05) is 0 Å². The molecule has 5 heterocycles. The van der Waals surface area contributed by atoms with Crippen molar-refractivity contribution in [2.45, 2.75) is 49.1 Å². The maximum Gasteiger partial charge on any atom is 0.296 e. The van der Waals surface area contributed by atoms with E-state index in [4.69, 9.17) is 35.3 Å². The zero-order chi connectivity index (χ0) is 28.0. The first-order chi connectivity index (χ1) is 19.2. The number of aliphatic hydroxyl groups excluding tert-OH is 1. The Hall–Kier alpha value is -2.62. The Labute approximate surface area is 233 Å². The highest BCUT2D eigenvalue weighted by Crippen LogP contribution is 2.32. The van der Waals surface area contributed by atoms with E-state index in [2.05, 4.69) is 19.3 Å². The average molecular weight is 601 g/mol. The summed E-state index contributed by atoms with van der Waals surface area (Å²) in [5.74, 6) is -1.88. The topological polar surface area (TPSA) is 137 Å². The molecule has 40 heavy (non-hydrogen) atoms. The molecule has 1 aromatic carbocycles. The lowest BCUT2D eigenvalue weighted by atomic mass is 10.1. The molecule has 3 saturated heterocycles. The summed E-state index contributed by atoms with van der Waals surface area (Å²) >= 11 is 6.30. The van der Waals surface area contributed by atoms with Gasteiger partial charge in [-0.3, -0.25) is 0 Å². The molecule has 0 spiro atoms. The van der Waals surface area contributed by atoms with E-state index in [9.17, 15) is 18.1 Å². The number of fused-ring (bicyclic) bond motifs is 2. The summed E-state index contributed by atoms with van der Waals surface area (Å²) in [6, 6.07) is 3.71. The molecule has 3 aliphatic heterocycles. The number of benzene rings is 1. The van der Waals surface area contributed by atoms with Crippen molar-refractivity contribution >= 4 is 38.2 Å². The van der Waals surface area contributed by atoms with Crippen LogP contribution in [0, 0.1) is 11.6 Å². The van der Waals surface area contributed by atoms with Crippen LogP contribution in [0.5, 0.6) is 11.9 Å². The second-order valence-corrected chi connectivity index (χ2v) is 12.9. The van der Waals surface area contributed by atoms with Gasteiger partial charge in [0.05, 0.1) is 39.7 Å². The van der Waals surface area contributed by atoms with Crippen LogP contribution in [-0.2, 0) is 30.5 Å². The van der Waals surface area contributed by atoms with Crippen LogP contribution >= 0.6 is 11.6 Å². The van der Waals surface area contributed by atoms with Crippen LogP contribution < -0.4 is 9.47 Å². The van der Waals surface area contributed by atoms with Crippen molar-refractivity contribution in [1.29, 1.82) is 0 Å². The normalized spacial score (nSPS) is 26.5. The largest absolute Gasteiger partial charge is 0.471 e. The zero-order valence-electron chi connectivity index (χ0n) is 21.3. The molecule has 11 nitrogen and oxygen atoms in total. The van der Waals surface area contributed by atoms with Crippen molar-refractivity contribution in [3.8, 4) is 11.9 Å². The lowest BCUT2D eigenvalue weighted by molar-refractivity contribution is 0.00706. The molecule has 0 saturated carbocycles. The summed E-state index contributed by atoms with van der Waals surface area (Å²) in [6.45, 7) is 0.847. The molecule has 2 aromatic heterocycles. The minimum absolute atomic E-state index is 0.0455. The first kappa shape index (κ1) is 27.5. The highest BCUT2D eigenvalue weighted by atomic mass is 35.5. The highest BCUT2D eigenvalue weighted by molar-refractivity contribution is 7.93. The number of aromatic nitrogens is 3. The fourth-order valence-electron chi connectivity index (χ4n) is 5.04. The molecule has 0 radical (unpaired) electrons. The van der Waals surface area contributed by atoms with E-state index in [-0.39, 0.29) is 52.3 Å². The zero-order valence-corrected chi connectivity index (χ0v) is 22.9. The van der Waals surface area contributed by atoms with Gasteiger partial charge in [0.25, 0.3) is 6.01 Å². The lowest BCUT2D eigenvalue weighted by Crippen LogP contribution is -2.34. The van der Waals surface area contributed by atoms with Crippen molar-refractivity contribution in [2.24, 2.45) is 4.36 Å². The van der Waals surface area contributed by atoms with Gasteiger partial charge in [0.15, 0.2) is 11.8 Å². The van der Waals surface area contributed by atoms with Crippen LogP contribution in [0.3, 0.4) is 0 Å². The maximum atomic E-state index is 14.9. The highest BCUT2D eigenvalue weighted by Gasteiger charge is 2.48. The van der Waals surface area contributed by atoms with Gasteiger partial charge in [0, 0.05) is 36.9 Å². The summed E-state index contributed by atoms with van der Waals surface area (Å²) in [5.41, 5.74) is 0.256. The monoisotopic (exact) mass is 600 g/mol. The minimum Gasteiger partial charge on any atom is -0.471 e.